The highest BCUT2D eigenvalue weighted by atomic mass is 16.1. The Bertz CT molecular complexity index is 1070. The fraction of sp³-hybridized carbons (Fsp3) is 0.385. The largest absolute Gasteiger partial charge is 0.329 e. The highest BCUT2D eigenvalue weighted by Gasteiger charge is 2.46. The topological polar surface area (TPSA) is 109 Å². The number of nitrogens with zero attached hydrogens (tertiary/aromatic N) is 2. The summed E-state index contributed by atoms with van der Waals surface area (Å²) in [6.07, 6.45) is 4.37. The summed E-state index contributed by atoms with van der Waals surface area (Å²) in [5.74, 6) is 0.307. The van der Waals surface area contributed by atoms with Crippen molar-refractivity contribution in [2.45, 2.75) is 57.9 Å². The van der Waals surface area contributed by atoms with Crippen molar-refractivity contribution in [3.8, 4) is 0 Å². The Labute approximate surface area is 194 Å². The van der Waals surface area contributed by atoms with Crippen LogP contribution in [0.15, 0.2) is 46.6 Å². The molecule has 4 N–H and O–H groups in total. The van der Waals surface area contributed by atoms with Crippen molar-refractivity contribution in [3.63, 3.8) is 0 Å². The molecule has 7 heteroatoms. The Balaban J connectivity index is 1.97. The molecule has 2 aromatic carbocycles. The standard InChI is InChI=1S/C26H31N5O2/c1-16(2)24-12-25(31-30-24)26(13-17(3)27)22-8-6-20(28-14-32)10-18(22)4-5-19-11-21(29-15-33)7-9-23(19)26/h6-11,14-17H,4-5,12-13,27H2,1-3H3,(H,28,32)(H,29,33)/t17-/m0/s1. The molecule has 1 heterocycles. The minimum absolute atomic E-state index is 0.0878. The van der Waals surface area contributed by atoms with E-state index in [1.165, 1.54) is 0 Å². The summed E-state index contributed by atoms with van der Waals surface area (Å²) in [5, 5.41) is 14.9. The van der Waals surface area contributed by atoms with Gasteiger partial charge in [-0.2, -0.15) is 10.2 Å². The van der Waals surface area contributed by atoms with E-state index in [9.17, 15) is 9.59 Å². The fourth-order valence-electron chi connectivity index (χ4n) is 5.22. The average molecular weight is 446 g/mol. The van der Waals surface area contributed by atoms with Gasteiger partial charge < -0.3 is 16.4 Å². The van der Waals surface area contributed by atoms with E-state index in [-0.39, 0.29) is 6.04 Å². The Kier molecular flexibility index (Phi) is 6.42. The lowest BCUT2D eigenvalue weighted by Crippen LogP contribution is -2.43. The molecule has 0 saturated heterocycles. The Morgan fingerprint density at radius 1 is 0.939 bits per heavy atom. The van der Waals surface area contributed by atoms with Gasteiger partial charge in [-0.3, -0.25) is 9.59 Å². The van der Waals surface area contributed by atoms with Gasteiger partial charge in [-0.05, 0) is 78.6 Å². The van der Waals surface area contributed by atoms with Gasteiger partial charge in [0.05, 0.1) is 11.1 Å². The monoisotopic (exact) mass is 445 g/mol. The minimum atomic E-state index is -0.547. The highest BCUT2D eigenvalue weighted by Crippen LogP contribution is 2.47. The molecule has 0 spiro atoms. The van der Waals surface area contributed by atoms with Gasteiger partial charge in [0.25, 0.3) is 0 Å². The van der Waals surface area contributed by atoms with Crippen LogP contribution in [-0.4, -0.2) is 30.3 Å². The van der Waals surface area contributed by atoms with Crippen molar-refractivity contribution in [2.75, 3.05) is 10.6 Å². The van der Waals surface area contributed by atoms with Crippen molar-refractivity contribution in [3.05, 3.63) is 58.7 Å². The molecule has 2 aliphatic rings. The van der Waals surface area contributed by atoms with Crippen LogP contribution in [0.4, 0.5) is 11.4 Å². The van der Waals surface area contributed by atoms with Gasteiger partial charge >= 0.3 is 0 Å². The molecule has 7 nitrogen and oxygen atoms in total. The fourth-order valence-corrected chi connectivity index (χ4v) is 5.22. The van der Waals surface area contributed by atoms with Gasteiger partial charge in [-0.15, -0.1) is 0 Å². The molecular weight excluding hydrogens is 414 g/mol. The Morgan fingerprint density at radius 3 is 1.91 bits per heavy atom. The SMILES string of the molecule is CC(C)C1=NN=C(C2(C[C@H](C)N)c3ccc(NC=O)cc3CCc3cc(NC=O)ccc32)C1. The summed E-state index contributed by atoms with van der Waals surface area (Å²) < 4.78 is 0. The molecule has 172 valence electrons. The van der Waals surface area contributed by atoms with Crippen molar-refractivity contribution in [1.29, 1.82) is 0 Å². The van der Waals surface area contributed by atoms with Crippen LogP contribution in [0.25, 0.3) is 0 Å². The average Bonchev–Trinajstić information content (AvgIpc) is 3.24. The molecule has 0 bridgehead atoms. The third-order valence-electron chi connectivity index (χ3n) is 6.68. The van der Waals surface area contributed by atoms with Gasteiger partial charge in [-0.1, -0.05) is 26.0 Å². The van der Waals surface area contributed by atoms with E-state index in [0.29, 0.717) is 31.6 Å². The zero-order chi connectivity index (χ0) is 23.6. The molecule has 1 aliphatic carbocycles. The zero-order valence-electron chi connectivity index (χ0n) is 19.4. The summed E-state index contributed by atoms with van der Waals surface area (Å²) >= 11 is 0. The van der Waals surface area contributed by atoms with Crippen LogP contribution in [-0.2, 0) is 27.8 Å². The molecule has 33 heavy (non-hydrogen) atoms. The second kappa shape index (κ2) is 9.27. The Hall–Kier alpha value is -3.32. The van der Waals surface area contributed by atoms with Gasteiger partial charge in [-0.25, -0.2) is 0 Å². The van der Waals surface area contributed by atoms with Crippen LogP contribution in [0.2, 0.25) is 0 Å². The van der Waals surface area contributed by atoms with E-state index >= 15 is 0 Å². The smallest absolute Gasteiger partial charge is 0.211 e. The number of hydrogen-bond donors (Lipinski definition) is 3. The first kappa shape index (κ1) is 22.9. The van der Waals surface area contributed by atoms with E-state index in [4.69, 9.17) is 10.8 Å². The highest BCUT2D eigenvalue weighted by molar-refractivity contribution is 6.14. The van der Waals surface area contributed by atoms with Crippen molar-refractivity contribution in [2.24, 2.45) is 21.9 Å². The molecule has 2 aromatic rings. The number of hydrogen-bond acceptors (Lipinski definition) is 5. The first-order chi connectivity index (χ1) is 15.9. The number of amides is 2. The number of nitrogens with two attached hydrogens (primary N) is 1. The van der Waals surface area contributed by atoms with Crippen molar-refractivity contribution in [1.82, 2.24) is 0 Å². The summed E-state index contributed by atoms with van der Waals surface area (Å²) in [6, 6.07) is 12.1. The van der Waals surface area contributed by atoms with Crippen molar-refractivity contribution < 1.29 is 9.59 Å². The molecular formula is C26H31N5O2. The van der Waals surface area contributed by atoms with Gasteiger partial charge in [0.15, 0.2) is 0 Å². The molecule has 0 saturated carbocycles. The number of aryl methyl sites for hydroxylation is 2. The number of anilines is 2. The maximum absolute atomic E-state index is 11.1. The van der Waals surface area contributed by atoms with Gasteiger partial charge in [0.2, 0.25) is 12.8 Å². The quantitative estimate of drug-likeness (QED) is 0.538. The zero-order valence-corrected chi connectivity index (χ0v) is 19.4. The lowest BCUT2D eigenvalue weighted by molar-refractivity contribution is -0.106. The lowest BCUT2D eigenvalue weighted by atomic mass is 9.64. The minimum Gasteiger partial charge on any atom is -0.329 e. The van der Waals surface area contributed by atoms with Crippen LogP contribution in [0.5, 0.6) is 0 Å². The number of rotatable bonds is 8. The number of carbonyl (C=O) groups is 2. The number of carbonyl (C=O) groups excluding carboxylic acids is 2. The van der Waals surface area contributed by atoms with Crippen LogP contribution in [0.1, 0.15) is 55.9 Å². The predicted octanol–water partition coefficient (Wildman–Crippen LogP) is 3.80. The first-order valence-corrected chi connectivity index (χ1v) is 11.5. The molecule has 0 aromatic heterocycles. The van der Waals surface area contributed by atoms with Crippen LogP contribution < -0.4 is 16.4 Å². The summed E-state index contributed by atoms with van der Waals surface area (Å²) in [5.41, 5.74) is 14.2. The lowest BCUT2D eigenvalue weighted by Gasteiger charge is -2.38. The summed E-state index contributed by atoms with van der Waals surface area (Å²) in [7, 11) is 0. The van der Waals surface area contributed by atoms with Crippen LogP contribution in [0, 0.1) is 5.92 Å². The molecule has 2 amide bonds. The van der Waals surface area contributed by atoms with Gasteiger partial charge in [0.1, 0.15) is 0 Å². The molecule has 1 aliphatic heterocycles. The number of benzene rings is 2. The third-order valence-corrected chi connectivity index (χ3v) is 6.68. The first-order valence-electron chi connectivity index (χ1n) is 11.5. The molecule has 1 atom stereocenters. The molecule has 4 rings (SSSR count). The molecule has 0 radical (unpaired) electrons. The third kappa shape index (κ3) is 4.20. The normalized spacial score (nSPS) is 17.2. The van der Waals surface area contributed by atoms with E-state index in [1.54, 1.807) is 0 Å². The maximum Gasteiger partial charge on any atom is 0.211 e. The summed E-state index contributed by atoms with van der Waals surface area (Å²) in [4.78, 5) is 22.1. The predicted molar refractivity (Wildman–Crippen MR) is 133 cm³/mol. The van der Waals surface area contributed by atoms with Gasteiger partial charge in [0, 0.05) is 29.5 Å². The van der Waals surface area contributed by atoms with E-state index in [1.807, 2.05) is 19.1 Å². The summed E-state index contributed by atoms with van der Waals surface area (Å²) in [6.45, 7) is 6.30. The van der Waals surface area contributed by atoms with Crippen LogP contribution in [0.3, 0.4) is 0 Å². The number of fused-ring (bicyclic) bond motifs is 2. The Morgan fingerprint density at radius 2 is 1.48 bits per heavy atom. The molecule has 0 unspecified atom stereocenters. The van der Waals surface area contributed by atoms with E-state index in [2.05, 4.69) is 53.8 Å². The second-order valence-corrected chi connectivity index (χ2v) is 9.32. The van der Waals surface area contributed by atoms with Crippen LogP contribution >= 0.6 is 0 Å². The molecule has 0 fully saturated rings. The maximum atomic E-state index is 11.1. The van der Waals surface area contributed by atoms with Crippen molar-refractivity contribution >= 4 is 35.6 Å². The number of nitrogens with one attached hydrogen (secondary N) is 2. The van der Waals surface area contributed by atoms with E-state index < -0.39 is 5.41 Å². The second-order valence-electron chi connectivity index (χ2n) is 9.32. The van der Waals surface area contributed by atoms with E-state index in [0.717, 1.165) is 57.9 Å².